The molecule has 0 aliphatic carbocycles. The maximum Gasteiger partial charge on any atom is 0.331 e. The second-order valence-corrected chi connectivity index (χ2v) is 5.98. The molecule has 0 unspecified atom stereocenters. The van der Waals surface area contributed by atoms with Crippen molar-refractivity contribution in [3.63, 3.8) is 0 Å². The zero-order chi connectivity index (χ0) is 16.0. The van der Waals surface area contributed by atoms with E-state index in [-0.39, 0.29) is 0 Å². The summed E-state index contributed by atoms with van der Waals surface area (Å²) in [6, 6.07) is 21.4. The molecule has 0 aromatic heterocycles. The number of hydrogen-bond acceptors (Lipinski definition) is 3. The first kappa shape index (κ1) is 15.8. The molecule has 3 aromatic carbocycles. The Hall–Kier alpha value is -2.59. The molecular formula is C18H16O3S. The monoisotopic (exact) mass is 312 g/mol. The van der Waals surface area contributed by atoms with E-state index in [1.807, 2.05) is 0 Å². The van der Waals surface area contributed by atoms with Gasteiger partial charge in [-0.15, -0.1) is 0 Å². The molecule has 3 aromatic rings. The minimum absolute atomic E-state index is 0.703. The predicted molar refractivity (Wildman–Crippen MR) is 91.9 cm³/mol. The first-order valence-electron chi connectivity index (χ1n) is 6.60. The number of benzene rings is 3. The first-order chi connectivity index (χ1) is 10.6. The van der Waals surface area contributed by atoms with Crippen LogP contribution in [0.1, 0.15) is 0 Å². The molecule has 3 rings (SSSR count). The third kappa shape index (κ3) is 3.96. The molecular weight excluding hydrogens is 296 g/mol. The Kier molecular flexibility index (Phi) is 4.96. The molecule has 22 heavy (non-hydrogen) atoms. The lowest BCUT2D eigenvalue weighted by Gasteiger charge is -2.00. The van der Waals surface area contributed by atoms with Gasteiger partial charge in [0, 0.05) is 0 Å². The van der Waals surface area contributed by atoms with E-state index in [1.165, 1.54) is 21.5 Å². The molecule has 0 aliphatic heterocycles. The minimum atomic E-state index is -3.52. The van der Waals surface area contributed by atoms with Gasteiger partial charge >= 0.3 is 10.1 Å². The van der Waals surface area contributed by atoms with Gasteiger partial charge in [0.1, 0.15) is 0 Å². The SMILES string of the molecule is C=COS(=O)(=O)C=C.c1ccc2cc3ccccc3cc2c1. The highest BCUT2D eigenvalue weighted by atomic mass is 32.2. The summed E-state index contributed by atoms with van der Waals surface area (Å²) in [6.07, 6.45) is 0.830. The van der Waals surface area contributed by atoms with Crippen LogP contribution in [-0.2, 0) is 14.3 Å². The fourth-order valence-corrected chi connectivity index (χ4v) is 2.29. The second kappa shape index (κ2) is 6.91. The molecule has 0 atom stereocenters. The Morgan fingerprint density at radius 1 is 0.773 bits per heavy atom. The lowest BCUT2D eigenvalue weighted by molar-refractivity contribution is 0.454. The van der Waals surface area contributed by atoms with Gasteiger partial charge < -0.3 is 4.18 Å². The largest absolute Gasteiger partial charge is 0.388 e. The lowest BCUT2D eigenvalue weighted by Crippen LogP contribution is -1.93. The van der Waals surface area contributed by atoms with Crippen LogP contribution < -0.4 is 0 Å². The molecule has 4 heteroatoms. The van der Waals surface area contributed by atoms with Crippen molar-refractivity contribution in [3.05, 3.63) is 85.5 Å². The van der Waals surface area contributed by atoms with Crippen LogP contribution in [0.4, 0.5) is 0 Å². The van der Waals surface area contributed by atoms with E-state index in [9.17, 15) is 8.42 Å². The summed E-state index contributed by atoms with van der Waals surface area (Å²) in [5.74, 6) is 0. The topological polar surface area (TPSA) is 43.4 Å². The van der Waals surface area contributed by atoms with Crippen molar-refractivity contribution in [3.8, 4) is 0 Å². The fraction of sp³-hybridized carbons (Fsp3) is 0. The highest BCUT2D eigenvalue weighted by Gasteiger charge is 1.98. The number of rotatable bonds is 3. The zero-order valence-electron chi connectivity index (χ0n) is 12.0. The van der Waals surface area contributed by atoms with Crippen molar-refractivity contribution < 1.29 is 12.6 Å². The van der Waals surface area contributed by atoms with E-state index in [1.54, 1.807) is 0 Å². The molecule has 0 saturated carbocycles. The molecule has 0 bridgehead atoms. The number of fused-ring (bicyclic) bond motifs is 2. The Balaban J connectivity index is 0.000000192. The van der Waals surface area contributed by atoms with E-state index >= 15 is 0 Å². The molecule has 3 nitrogen and oxygen atoms in total. The van der Waals surface area contributed by atoms with E-state index in [0.717, 1.165) is 6.26 Å². The van der Waals surface area contributed by atoms with Gasteiger partial charge in [0.15, 0.2) is 0 Å². The van der Waals surface area contributed by atoms with Crippen LogP contribution in [0.15, 0.2) is 85.5 Å². The summed E-state index contributed by atoms with van der Waals surface area (Å²) in [7, 11) is -3.52. The highest BCUT2D eigenvalue weighted by Crippen LogP contribution is 2.21. The molecule has 0 N–H and O–H groups in total. The van der Waals surface area contributed by atoms with Crippen molar-refractivity contribution in [2.75, 3.05) is 0 Å². The van der Waals surface area contributed by atoms with Crippen molar-refractivity contribution in [1.82, 2.24) is 0 Å². The van der Waals surface area contributed by atoms with E-state index in [0.29, 0.717) is 5.41 Å². The molecule has 0 spiro atoms. The van der Waals surface area contributed by atoms with Crippen molar-refractivity contribution in [2.24, 2.45) is 0 Å². The first-order valence-corrected chi connectivity index (χ1v) is 8.07. The summed E-state index contributed by atoms with van der Waals surface area (Å²) in [5, 5.41) is 5.95. The van der Waals surface area contributed by atoms with Crippen LogP contribution in [0.3, 0.4) is 0 Å². The molecule has 0 saturated heterocycles. The van der Waals surface area contributed by atoms with Gasteiger partial charge in [-0.25, -0.2) is 0 Å². The summed E-state index contributed by atoms with van der Waals surface area (Å²) in [4.78, 5) is 0. The van der Waals surface area contributed by atoms with Crippen molar-refractivity contribution >= 4 is 31.7 Å². The fourth-order valence-electron chi connectivity index (χ4n) is 2.02. The normalized spacial score (nSPS) is 10.5. The van der Waals surface area contributed by atoms with Crippen LogP contribution in [-0.4, -0.2) is 8.42 Å². The lowest BCUT2D eigenvalue weighted by atomic mass is 10.0. The van der Waals surface area contributed by atoms with Gasteiger partial charge in [0.25, 0.3) is 0 Å². The van der Waals surface area contributed by atoms with Gasteiger partial charge in [0.05, 0.1) is 11.7 Å². The summed E-state index contributed by atoms with van der Waals surface area (Å²) in [6.45, 7) is 6.03. The van der Waals surface area contributed by atoms with Crippen LogP contribution in [0.5, 0.6) is 0 Å². The van der Waals surface area contributed by atoms with Crippen LogP contribution >= 0.6 is 0 Å². The highest BCUT2D eigenvalue weighted by molar-refractivity contribution is 7.89. The van der Waals surface area contributed by atoms with Crippen LogP contribution in [0.25, 0.3) is 21.5 Å². The smallest absolute Gasteiger partial charge is 0.331 e. The van der Waals surface area contributed by atoms with E-state index < -0.39 is 10.1 Å². The third-order valence-electron chi connectivity index (χ3n) is 3.02. The van der Waals surface area contributed by atoms with Gasteiger partial charge in [-0.1, -0.05) is 61.7 Å². The Bertz CT molecular complexity index is 807. The van der Waals surface area contributed by atoms with Gasteiger partial charge in [-0.3, -0.25) is 0 Å². The van der Waals surface area contributed by atoms with Gasteiger partial charge in [-0.2, -0.15) is 8.42 Å². The van der Waals surface area contributed by atoms with Crippen LogP contribution in [0, 0.1) is 0 Å². The molecule has 112 valence electrons. The molecule has 0 fully saturated rings. The Labute approximate surface area is 130 Å². The summed E-state index contributed by atoms with van der Waals surface area (Å²) in [5.41, 5.74) is 0. The zero-order valence-corrected chi connectivity index (χ0v) is 12.8. The van der Waals surface area contributed by atoms with E-state index in [4.69, 9.17) is 0 Å². The van der Waals surface area contributed by atoms with Crippen LogP contribution in [0.2, 0.25) is 0 Å². The molecule has 0 aliphatic rings. The van der Waals surface area contributed by atoms with E-state index in [2.05, 4.69) is 78.0 Å². The van der Waals surface area contributed by atoms with Crippen molar-refractivity contribution in [2.45, 2.75) is 0 Å². The predicted octanol–water partition coefficient (Wildman–Crippen LogP) is 4.61. The average molecular weight is 312 g/mol. The third-order valence-corrected chi connectivity index (χ3v) is 3.83. The maximum absolute atomic E-state index is 10.2. The average Bonchev–Trinajstić information content (AvgIpc) is 2.53. The second-order valence-electron chi connectivity index (χ2n) is 4.47. The molecule has 0 amide bonds. The van der Waals surface area contributed by atoms with Gasteiger partial charge in [-0.05, 0) is 33.7 Å². The maximum atomic E-state index is 10.2. The Morgan fingerprint density at radius 2 is 1.14 bits per heavy atom. The molecule has 0 heterocycles. The van der Waals surface area contributed by atoms with Gasteiger partial charge in [0.2, 0.25) is 0 Å². The Morgan fingerprint density at radius 3 is 1.36 bits per heavy atom. The van der Waals surface area contributed by atoms with Crippen molar-refractivity contribution in [1.29, 1.82) is 0 Å². The summed E-state index contributed by atoms with van der Waals surface area (Å²) < 4.78 is 24.4. The standard InChI is InChI=1S/C14H10.C4H6O3S/c1-2-6-12-10-14-8-4-3-7-13(14)9-11(12)5-1;1-3-7-8(5,6)4-2/h1-10H;3-4H,1-2H2. The molecule has 0 radical (unpaired) electrons. The minimum Gasteiger partial charge on any atom is -0.388 e. The quantitative estimate of drug-likeness (QED) is 0.403. The summed E-state index contributed by atoms with van der Waals surface area (Å²) >= 11 is 0. The number of hydrogen-bond donors (Lipinski definition) is 0.